The molecule has 0 spiro atoms. The molecule has 1 rings (SSSR count). The molecular formula is C12H21N3O2. The van der Waals surface area contributed by atoms with Crippen LogP contribution < -0.4 is 5.32 Å². The summed E-state index contributed by atoms with van der Waals surface area (Å²) in [5, 5.41) is 12.2. The summed E-state index contributed by atoms with van der Waals surface area (Å²) >= 11 is 0. The molecule has 0 aliphatic carbocycles. The third kappa shape index (κ3) is 3.30. The Balaban J connectivity index is 2.66. The van der Waals surface area contributed by atoms with Crippen LogP contribution in [0.2, 0.25) is 0 Å². The van der Waals surface area contributed by atoms with Crippen molar-refractivity contribution in [1.82, 2.24) is 14.9 Å². The van der Waals surface area contributed by atoms with Crippen molar-refractivity contribution in [3.05, 3.63) is 18.2 Å². The van der Waals surface area contributed by atoms with Crippen LogP contribution in [-0.4, -0.2) is 26.2 Å². The van der Waals surface area contributed by atoms with Crippen molar-refractivity contribution < 1.29 is 9.90 Å². The fourth-order valence-electron chi connectivity index (χ4n) is 1.58. The van der Waals surface area contributed by atoms with E-state index in [1.165, 1.54) is 0 Å². The van der Waals surface area contributed by atoms with Crippen molar-refractivity contribution in [1.29, 1.82) is 0 Å². The standard InChI is InChI=1S/C12H21N3O2/c1-4-6-15-9-13-7-10(15)8-14-12(3,5-2)11(16)17/h7,9,14H,4-6,8H2,1-3H3,(H,16,17). The second kappa shape index (κ2) is 5.82. The molecule has 1 aromatic rings. The summed E-state index contributed by atoms with van der Waals surface area (Å²) in [6.07, 6.45) is 5.14. The zero-order valence-corrected chi connectivity index (χ0v) is 10.7. The molecule has 0 saturated carbocycles. The van der Waals surface area contributed by atoms with Crippen LogP contribution in [0.3, 0.4) is 0 Å². The predicted molar refractivity (Wildman–Crippen MR) is 65.7 cm³/mol. The van der Waals surface area contributed by atoms with Gasteiger partial charge in [0.15, 0.2) is 0 Å². The Morgan fingerprint density at radius 3 is 2.82 bits per heavy atom. The van der Waals surface area contributed by atoms with Crippen LogP contribution >= 0.6 is 0 Å². The van der Waals surface area contributed by atoms with E-state index in [-0.39, 0.29) is 0 Å². The maximum Gasteiger partial charge on any atom is 0.323 e. The van der Waals surface area contributed by atoms with E-state index >= 15 is 0 Å². The van der Waals surface area contributed by atoms with E-state index in [0.29, 0.717) is 13.0 Å². The van der Waals surface area contributed by atoms with Crippen LogP contribution in [0.1, 0.15) is 39.3 Å². The Morgan fingerprint density at radius 1 is 1.59 bits per heavy atom. The second-order valence-corrected chi connectivity index (χ2v) is 4.42. The number of aromatic nitrogens is 2. The summed E-state index contributed by atoms with van der Waals surface area (Å²) in [6, 6.07) is 0. The zero-order chi connectivity index (χ0) is 12.9. The summed E-state index contributed by atoms with van der Waals surface area (Å²) in [6.45, 7) is 7.11. The van der Waals surface area contributed by atoms with E-state index in [9.17, 15) is 4.79 Å². The average Bonchev–Trinajstić information content (AvgIpc) is 2.74. The maximum absolute atomic E-state index is 11.1. The van der Waals surface area contributed by atoms with Gasteiger partial charge >= 0.3 is 5.97 Å². The highest BCUT2D eigenvalue weighted by atomic mass is 16.4. The minimum atomic E-state index is -0.874. The molecule has 1 heterocycles. The summed E-state index contributed by atoms with van der Waals surface area (Å²) in [5.74, 6) is -0.818. The van der Waals surface area contributed by atoms with Gasteiger partial charge < -0.3 is 9.67 Å². The molecule has 0 bridgehead atoms. The Morgan fingerprint density at radius 2 is 2.29 bits per heavy atom. The first-order valence-electron chi connectivity index (χ1n) is 6.01. The number of aryl methyl sites for hydroxylation is 1. The number of rotatable bonds is 7. The molecule has 0 aliphatic rings. The molecular weight excluding hydrogens is 218 g/mol. The van der Waals surface area contributed by atoms with Gasteiger partial charge in [-0.3, -0.25) is 10.1 Å². The van der Waals surface area contributed by atoms with Crippen molar-refractivity contribution in [2.45, 2.75) is 52.2 Å². The van der Waals surface area contributed by atoms with Crippen molar-refractivity contribution in [3.8, 4) is 0 Å². The topological polar surface area (TPSA) is 67.2 Å². The van der Waals surface area contributed by atoms with Gasteiger partial charge in [0, 0.05) is 19.3 Å². The van der Waals surface area contributed by atoms with Gasteiger partial charge in [0.05, 0.1) is 12.0 Å². The summed E-state index contributed by atoms with van der Waals surface area (Å²) in [5.41, 5.74) is 0.147. The van der Waals surface area contributed by atoms with Crippen molar-refractivity contribution in [2.75, 3.05) is 0 Å². The number of hydrogen-bond acceptors (Lipinski definition) is 3. The molecule has 0 aliphatic heterocycles. The van der Waals surface area contributed by atoms with Gasteiger partial charge in [-0.25, -0.2) is 4.98 Å². The number of nitrogens with one attached hydrogen (secondary N) is 1. The summed E-state index contributed by atoms with van der Waals surface area (Å²) in [7, 11) is 0. The number of carboxylic acids is 1. The third-order valence-electron chi connectivity index (χ3n) is 3.10. The van der Waals surface area contributed by atoms with E-state index in [0.717, 1.165) is 18.7 Å². The molecule has 0 amide bonds. The van der Waals surface area contributed by atoms with Crippen LogP contribution in [0.15, 0.2) is 12.5 Å². The Labute approximate surface area is 102 Å². The Hall–Kier alpha value is -1.36. The number of aliphatic carboxylic acids is 1. The SMILES string of the molecule is CCCn1cncc1CNC(C)(CC)C(=O)O. The number of nitrogens with zero attached hydrogens (tertiary/aromatic N) is 2. The van der Waals surface area contributed by atoms with Gasteiger partial charge in [-0.1, -0.05) is 13.8 Å². The first-order chi connectivity index (χ1) is 8.03. The normalized spacial score (nSPS) is 14.5. The van der Waals surface area contributed by atoms with E-state index < -0.39 is 11.5 Å². The largest absolute Gasteiger partial charge is 0.480 e. The molecule has 2 N–H and O–H groups in total. The van der Waals surface area contributed by atoms with E-state index in [1.54, 1.807) is 19.4 Å². The van der Waals surface area contributed by atoms with Crippen LogP contribution in [0.4, 0.5) is 0 Å². The summed E-state index contributed by atoms with van der Waals surface area (Å²) in [4.78, 5) is 15.2. The average molecular weight is 239 g/mol. The lowest BCUT2D eigenvalue weighted by atomic mass is 9.99. The lowest BCUT2D eigenvalue weighted by Crippen LogP contribution is -2.48. The highest BCUT2D eigenvalue weighted by Crippen LogP contribution is 2.11. The van der Waals surface area contributed by atoms with Gasteiger partial charge in [0.2, 0.25) is 0 Å². The lowest BCUT2D eigenvalue weighted by molar-refractivity contribution is -0.144. The molecule has 96 valence electrons. The van der Waals surface area contributed by atoms with Crippen LogP contribution in [-0.2, 0) is 17.9 Å². The number of carbonyl (C=O) groups is 1. The lowest BCUT2D eigenvalue weighted by Gasteiger charge is -2.24. The third-order valence-corrected chi connectivity index (χ3v) is 3.10. The maximum atomic E-state index is 11.1. The molecule has 1 atom stereocenters. The molecule has 5 heteroatoms. The number of hydrogen-bond donors (Lipinski definition) is 2. The molecule has 5 nitrogen and oxygen atoms in total. The van der Waals surface area contributed by atoms with E-state index in [1.807, 2.05) is 11.5 Å². The van der Waals surface area contributed by atoms with Gasteiger partial charge in [0.25, 0.3) is 0 Å². The number of carboxylic acid groups (broad SMARTS) is 1. The zero-order valence-electron chi connectivity index (χ0n) is 10.7. The molecule has 0 aromatic carbocycles. The molecule has 1 aromatic heterocycles. The first kappa shape index (κ1) is 13.7. The fraction of sp³-hybridized carbons (Fsp3) is 0.667. The predicted octanol–water partition coefficient (Wildman–Crippen LogP) is 1.64. The van der Waals surface area contributed by atoms with Crippen molar-refractivity contribution >= 4 is 5.97 Å². The van der Waals surface area contributed by atoms with Crippen LogP contribution in [0.25, 0.3) is 0 Å². The summed E-state index contributed by atoms with van der Waals surface area (Å²) < 4.78 is 2.05. The highest BCUT2D eigenvalue weighted by Gasteiger charge is 2.30. The van der Waals surface area contributed by atoms with Gasteiger partial charge in [-0.2, -0.15) is 0 Å². The van der Waals surface area contributed by atoms with Gasteiger partial charge in [0.1, 0.15) is 5.54 Å². The van der Waals surface area contributed by atoms with Crippen LogP contribution in [0.5, 0.6) is 0 Å². The van der Waals surface area contributed by atoms with Crippen molar-refractivity contribution in [2.24, 2.45) is 0 Å². The highest BCUT2D eigenvalue weighted by molar-refractivity contribution is 5.78. The smallest absolute Gasteiger partial charge is 0.323 e. The van der Waals surface area contributed by atoms with E-state index in [4.69, 9.17) is 5.11 Å². The van der Waals surface area contributed by atoms with Gasteiger partial charge in [-0.15, -0.1) is 0 Å². The second-order valence-electron chi connectivity index (χ2n) is 4.42. The van der Waals surface area contributed by atoms with Crippen molar-refractivity contribution in [3.63, 3.8) is 0 Å². The minimum Gasteiger partial charge on any atom is -0.480 e. The molecule has 0 radical (unpaired) electrons. The quantitative estimate of drug-likeness (QED) is 0.759. The monoisotopic (exact) mass is 239 g/mol. The fourth-order valence-corrected chi connectivity index (χ4v) is 1.58. The first-order valence-corrected chi connectivity index (χ1v) is 6.01. The van der Waals surface area contributed by atoms with Gasteiger partial charge in [-0.05, 0) is 19.8 Å². The van der Waals surface area contributed by atoms with E-state index in [2.05, 4.69) is 17.2 Å². The molecule has 0 saturated heterocycles. The minimum absolute atomic E-state index is 0.524. The van der Waals surface area contributed by atoms with Crippen LogP contribution in [0, 0.1) is 0 Å². The Kier molecular flexibility index (Phi) is 4.69. The molecule has 0 fully saturated rings. The number of imidazole rings is 1. The Bertz CT molecular complexity index is 376. The molecule has 17 heavy (non-hydrogen) atoms. The molecule has 1 unspecified atom stereocenters.